The number of fused-ring (bicyclic) bond motifs is 2. The van der Waals surface area contributed by atoms with Crippen LogP contribution in [0.1, 0.15) is 82.2 Å². The van der Waals surface area contributed by atoms with Gasteiger partial charge in [0.25, 0.3) is 5.91 Å². The predicted molar refractivity (Wildman–Crippen MR) is 160 cm³/mol. The minimum Gasteiger partial charge on any atom is -0.507 e. The molecule has 232 valence electrons. The van der Waals surface area contributed by atoms with Crippen LogP contribution in [-0.4, -0.2) is 82.0 Å². The molecule has 2 aromatic rings. The van der Waals surface area contributed by atoms with Gasteiger partial charge in [0.05, 0.1) is 17.2 Å². The van der Waals surface area contributed by atoms with Gasteiger partial charge < -0.3 is 29.5 Å². The molecule has 44 heavy (non-hydrogen) atoms. The molecule has 6 rings (SSSR count). The van der Waals surface area contributed by atoms with Crippen molar-refractivity contribution < 1.29 is 38.9 Å². The van der Waals surface area contributed by atoms with Gasteiger partial charge in [-0.2, -0.15) is 0 Å². The molecule has 0 bridgehead atoms. The highest BCUT2D eigenvalue weighted by Crippen LogP contribution is 2.40. The van der Waals surface area contributed by atoms with Crippen LogP contribution in [0.25, 0.3) is 0 Å². The zero-order valence-electron chi connectivity index (χ0n) is 24.8. The molecule has 4 aliphatic rings. The van der Waals surface area contributed by atoms with Crippen LogP contribution in [0.4, 0.5) is 0 Å². The maximum Gasteiger partial charge on any atom is 0.354 e. The molecule has 1 saturated carbocycles. The number of esters is 1. The van der Waals surface area contributed by atoms with Crippen molar-refractivity contribution in [1.29, 1.82) is 0 Å². The lowest BCUT2D eigenvalue weighted by Gasteiger charge is -2.41. The predicted octanol–water partition coefficient (Wildman–Crippen LogP) is 4.44. The summed E-state index contributed by atoms with van der Waals surface area (Å²) in [6.07, 6.45) is 2.07. The van der Waals surface area contributed by atoms with Gasteiger partial charge in [0.1, 0.15) is 17.2 Å². The summed E-state index contributed by atoms with van der Waals surface area (Å²) in [4.78, 5) is 55.9. The highest BCUT2D eigenvalue weighted by molar-refractivity contribution is 6.42. The fourth-order valence-corrected chi connectivity index (χ4v) is 7.22. The average Bonchev–Trinajstić information content (AvgIpc) is 3.26. The molecule has 2 N–H and O–H groups in total. The van der Waals surface area contributed by atoms with Gasteiger partial charge >= 0.3 is 5.97 Å². The molecule has 2 heterocycles. The minimum absolute atomic E-state index is 0.0118. The van der Waals surface area contributed by atoms with Crippen LogP contribution in [0, 0.1) is 17.8 Å². The quantitative estimate of drug-likeness (QED) is 0.396. The molecule has 0 aromatic heterocycles. The fourth-order valence-electron chi connectivity index (χ4n) is 6.96. The number of phenols is 2. The number of ether oxygens (including phenoxy) is 2. The van der Waals surface area contributed by atoms with Crippen LogP contribution in [0.2, 0.25) is 0 Å². The molecule has 4 atom stereocenters. The SMILES string of the molecule is CC(C)[C@@H]1CC[C@@H](C)C[C@H]1O[C@H]1OC(=O)C(Cl)=C1N1CCN(C(=O)c2cc(O)c3c(c2)C(=O)c2cccc(O)c2C3=O)CC1. The number of halogens is 1. The van der Waals surface area contributed by atoms with E-state index in [-0.39, 0.29) is 57.8 Å². The molecule has 0 spiro atoms. The third-order valence-corrected chi connectivity index (χ3v) is 9.71. The second-order valence-corrected chi connectivity index (χ2v) is 12.9. The maximum absolute atomic E-state index is 13.5. The Kier molecular flexibility index (Phi) is 7.92. The summed E-state index contributed by atoms with van der Waals surface area (Å²) < 4.78 is 12.0. The summed E-state index contributed by atoms with van der Waals surface area (Å²) in [7, 11) is 0. The fraction of sp³-hybridized carbons (Fsp3) is 0.455. The number of hydrogen-bond donors (Lipinski definition) is 2. The first-order chi connectivity index (χ1) is 21.0. The molecule has 0 unspecified atom stereocenters. The van der Waals surface area contributed by atoms with Crippen molar-refractivity contribution in [2.45, 2.75) is 52.4 Å². The largest absolute Gasteiger partial charge is 0.507 e. The number of amides is 1. The molecule has 2 aliphatic heterocycles. The van der Waals surface area contributed by atoms with Crippen molar-refractivity contribution >= 4 is 35.0 Å². The molecule has 1 amide bonds. The number of carbonyl (C=O) groups excluding carboxylic acids is 4. The van der Waals surface area contributed by atoms with E-state index in [1.165, 1.54) is 30.3 Å². The van der Waals surface area contributed by atoms with E-state index in [4.69, 9.17) is 21.1 Å². The Hall–Kier alpha value is -3.89. The first kappa shape index (κ1) is 30.1. The first-order valence-corrected chi connectivity index (χ1v) is 15.4. The number of ketones is 2. The van der Waals surface area contributed by atoms with Crippen molar-refractivity contribution in [2.75, 3.05) is 26.2 Å². The standard InChI is InChI=1S/C33H35ClN2O8/c1-16(2)19-8-7-17(3)13-24(19)43-33-28(27(34)32(42)44-33)35-9-11-36(12-10-35)31(41)18-14-21-26(23(38)15-18)30(40)25-20(29(21)39)5-4-6-22(25)37/h4-6,14-17,19,24,33,37-38H,7-13H2,1-3H3/t17-,19+,24-,33+/m1/s1. The van der Waals surface area contributed by atoms with Gasteiger partial charge in [-0.15, -0.1) is 0 Å². The lowest BCUT2D eigenvalue weighted by molar-refractivity contribution is -0.185. The smallest absolute Gasteiger partial charge is 0.354 e. The van der Waals surface area contributed by atoms with E-state index in [1.54, 1.807) is 4.90 Å². The summed E-state index contributed by atoms with van der Waals surface area (Å²) >= 11 is 6.45. The Morgan fingerprint density at radius 3 is 2.39 bits per heavy atom. The molecule has 11 heteroatoms. The Morgan fingerprint density at radius 1 is 0.977 bits per heavy atom. The normalized spacial score (nSPS) is 25.3. The average molecular weight is 623 g/mol. The van der Waals surface area contributed by atoms with E-state index < -0.39 is 35.5 Å². The van der Waals surface area contributed by atoms with Crippen LogP contribution in [0.15, 0.2) is 41.1 Å². The summed E-state index contributed by atoms with van der Waals surface area (Å²) in [5.74, 6) is -1.90. The van der Waals surface area contributed by atoms with Crippen molar-refractivity contribution in [3.05, 3.63) is 68.9 Å². The van der Waals surface area contributed by atoms with E-state index in [0.29, 0.717) is 36.5 Å². The molecular formula is C33H35ClN2O8. The zero-order valence-corrected chi connectivity index (χ0v) is 25.6. The van der Waals surface area contributed by atoms with Gasteiger partial charge in [-0.25, -0.2) is 4.79 Å². The number of rotatable bonds is 5. The molecule has 2 fully saturated rings. The van der Waals surface area contributed by atoms with Crippen LogP contribution < -0.4 is 0 Å². The van der Waals surface area contributed by atoms with Crippen LogP contribution in [-0.2, 0) is 14.3 Å². The van der Waals surface area contributed by atoms with Gasteiger partial charge in [0.2, 0.25) is 12.1 Å². The van der Waals surface area contributed by atoms with Gasteiger partial charge in [0.15, 0.2) is 10.8 Å². The van der Waals surface area contributed by atoms with E-state index in [0.717, 1.165) is 19.3 Å². The van der Waals surface area contributed by atoms with E-state index in [1.807, 2.05) is 4.90 Å². The summed E-state index contributed by atoms with van der Waals surface area (Å²) in [5, 5.41) is 20.9. The van der Waals surface area contributed by atoms with Gasteiger partial charge in [-0.05, 0) is 48.8 Å². The van der Waals surface area contributed by atoms with E-state index in [2.05, 4.69) is 20.8 Å². The number of piperazine rings is 1. The number of phenolic OH excluding ortho intramolecular Hbond substituents is 2. The number of carbonyl (C=O) groups is 4. The molecule has 2 aliphatic carbocycles. The van der Waals surface area contributed by atoms with E-state index >= 15 is 0 Å². The summed E-state index contributed by atoms with van der Waals surface area (Å²) in [6.45, 7) is 7.79. The van der Waals surface area contributed by atoms with E-state index in [9.17, 15) is 29.4 Å². The Balaban J connectivity index is 1.17. The third kappa shape index (κ3) is 5.13. The molecular weight excluding hydrogens is 588 g/mol. The molecule has 0 radical (unpaired) electrons. The lowest BCUT2D eigenvalue weighted by Crippen LogP contribution is -2.50. The maximum atomic E-state index is 13.5. The number of cyclic esters (lactones) is 1. The van der Waals surface area contributed by atoms with Gasteiger partial charge in [-0.1, -0.05) is 50.9 Å². The van der Waals surface area contributed by atoms with Gasteiger partial charge in [-0.3, -0.25) is 14.4 Å². The van der Waals surface area contributed by atoms with Crippen molar-refractivity contribution in [2.24, 2.45) is 17.8 Å². The Bertz CT molecular complexity index is 1590. The van der Waals surface area contributed by atoms with Crippen LogP contribution >= 0.6 is 11.6 Å². The van der Waals surface area contributed by atoms with Crippen molar-refractivity contribution in [3.8, 4) is 11.5 Å². The first-order valence-electron chi connectivity index (χ1n) is 15.0. The van der Waals surface area contributed by atoms with Crippen LogP contribution in [0.5, 0.6) is 11.5 Å². The monoisotopic (exact) mass is 622 g/mol. The summed E-state index contributed by atoms with van der Waals surface area (Å²) in [5.41, 5.74) is 0.0438. The summed E-state index contributed by atoms with van der Waals surface area (Å²) in [6, 6.07) is 6.67. The number of aromatic hydroxyl groups is 2. The minimum atomic E-state index is -0.919. The second-order valence-electron chi connectivity index (χ2n) is 12.5. The topological polar surface area (TPSA) is 134 Å². The Labute approximate surface area is 260 Å². The van der Waals surface area contributed by atoms with Crippen LogP contribution in [0.3, 0.4) is 0 Å². The number of benzene rings is 2. The van der Waals surface area contributed by atoms with Crippen molar-refractivity contribution in [1.82, 2.24) is 9.80 Å². The third-order valence-electron chi connectivity index (χ3n) is 9.36. The molecule has 2 aromatic carbocycles. The highest BCUT2D eigenvalue weighted by Gasteiger charge is 2.43. The van der Waals surface area contributed by atoms with Gasteiger partial charge in [0, 0.05) is 42.9 Å². The Morgan fingerprint density at radius 2 is 1.68 bits per heavy atom. The highest BCUT2D eigenvalue weighted by atomic mass is 35.5. The van der Waals surface area contributed by atoms with Crippen molar-refractivity contribution in [3.63, 3.8) is 0 Å². The zero-order chi connectivity index (χ0) is 31.4. The lowest BCUT2D eigenvalue weighted by atomic mass is 9.75. The number of hydrogen-bond acceptors (Lipinski definition) is 9. The molecule has 1 saturated heterocycles. The number of nitrogens with zero attached hydrogens (tertiary/aromatic N) is 2. The molecule has 10 nitrogen and oxygen atoms in total. The second kappa shape index (κ2) is 11.6.